The lowest BCUT2D eigenvalue weighted by Gasteiger charge is -2.01. The Labute approximate surface area is 110 Å². The Morgan fingerprint density at radius 2 is 1.67 bits per heavy atom. The Bertz CT molecular complexity index is 261. The van der Waals surface area contributed by atoms with Gasteiger partial charge in [-0.25, -0.2) is 0 Å². The van der Waals surface area contributed by atoms with Gasteiger partial charge in [-0.15, -0.1) is 23.4 Å². The predicted octanol–water partition coefficient (Wildman–Crippen LogP) is 5.34. The van der Waals surface area contributed by atoms with Crippen LogP contribution in [0.15, 0.2) is 33.6 Å². The molecule has 0 aliphatic rings. The zero-order valence-corrected chi connectivity index (χ0v) is 11.9. The van der Waals surface area contributed by atoms with E-state index in [1.165, 1.54) is 29.9 Å². The zero-order chi connectivity index (χ0) is 10.9. The summed E-state index contributed by atoms with van der Waals surface area (Å²) in [6.45, 7) is 0. The number of hydrogen-bond acceptors (Lipinski definition) is 1. The van der Waals surface area contributed by atoms with Crippen LogP contribution in [0.25, 0.3) is 0 Å². The van der Waals surface area contributed by atoms with E-state index in [1.54, 1.807) is 0 Å². The van der Waals surface area contributed by atoms with Gasteiger partial charge in [0.05, 0.1) is 0 Å². The van der Waals surface area contributed by atoms with Crippen LogP contribution in [0, 0.1) is 0 Å². The molecule has 0 saturated heterocycles. The van der Waals surface area contributed by atoms with Crippen molar-refractivity contribution in [1.82, 2.24) is 0 Å². The molecule has 1 aromatic carbocycles. The second-order valence-corrected chi connectivity index (χ2v) is 5.87. The van der Waals surface area contributed by atoms with Crippen LogP contribution in [0.1, 0.15) is 25.7 Å². The molecule has 84 valence electrons. The maximum Gasteiger partial charge on any atom is 0.0223 e. The van der Waals surface area contributed by atoms with Crippen molar-refractivity contribution < 1.29 is 0 Å². The highest BCUT2D eigenvalue weighted by Crippen LogP contribution is 2.21. The van der Waals surface area contributed by atoms with Gasteiger partial charge in [0.15, 0.2) is 0 Å². The molecule has 0 nitrogen and oxygen atoms in total. The first-order chi connectivity index (χ1) is 7.33. The van der Waals surface area contributed by atoms with Gasteiger partial charge >= 0.3 is 0 Å². The molecule has 0 fully saturated rings. The Morgan fingerprint density at radius 3 is 2.33 bits per heavy atom. The molecule has 15 heavy (non-hydrogen) atoms. The summed E-state index contributed by atoms with van der Waals surface area (Å²) < 4.78 is 1.15. The van der Waals surface area contributed by atoms with Crippen molar-refractivity contribution in [2.24, 2.45) is 0 Å². The summed E-state index contributed by atoms with van der Waals surface area (Å²) in [6.07, 6.45) is 5.02. The molecule has 0 aliphatic heterocycles. The van der Waals surface area contributed by atoms with Crippen molar-refractivity contribution in [3.8, 4) is 0 Å². The van der Waals surface area contributed by atoms with E-state index in [0.29, 0.717) is 0 Å². The lowest BCUT2D eigenvalue weighted by atomic mass is 10.2. The van der Waals surface area contributed by atoms with Crippen LogP contribution in [-0.2, 0) is 0 Å². The van der Waals surface area contributed by atoms with Crippen LogP contribution in [-0.4, -0.2) is 11.6 Å². The standard InChI is InChI=1S/C12H16BrClS/c13-11-5-7-12(8-6-11)15-10-4-2-1-3-9-14/h5-8H,1-4,9-10H2. The van der Waals surface area contributed by atoms with Crippen LogP contribution < -0.4 is 0 Å². The molecule has 0 N–H and O–H groups in total. The van der Waals surface area contributed by atoms with Gasteiger partial charge in [0.2, 0.25) is 0 Å². The average Bonchev–Trinajstić information content (AvgIpc) is 2.26. The van der Waals surface area contributed by atoms with E-state index in [0.717, 1.165) is 16.8 Å². The average molecular weight is 308 g/mol. The molecule has 1 rings (SSSR count). The van der Waals surface area contributed by atoms with Gasteiger partial charge in [-0.3, -0.25) is 0 Å². The van der Waals surface area contributed by atoms with E-state index in [9.17, 15) is 0 Å². The lowest BCUT2D eigenvalue weighted by Crippen LogP contribution is -1.82. The van der Waals surface area contributed by atoms with Gasteiger partial charge in [0.1, 0.15) is 0 Å². The molecule has 0 saturated carbocycles. The topological polar surface area (TPSA) is 0 Å². The summed E-state index contributed by atoms with van der Waals surface area (Å²) in [5, 5.41) is 0. The summed E-state index contributed by atoms with van der Waals surface area (Å²) in [5.41, 5.74) is 0. The van der Waals surface area contributed by atoms with E-state index in [4.69, 9.17) is 11.6 Å². The highest BCUT2D eigenvalue weighted by atomic mass is 79.9. The third-order valence-corrected chi connectivity index (χ3v) is 4.00. The summed E-state index contributed by atoms with van der Waals surface area (Å²) in [4.78, 5) is 1.36. The molecule has 3 heteroatoms. The molecule has 0 bridgehead atoms. The number of hydrogen-bond donors (Lipinski definition) is 0. The molecular formula is C12H16BrClS. The Kier molecular flexibility index (Phi) is 7.58. The van der Waals surface area contributed by atoms with Gasteiger partial charge in [-0.2, -0.15) is 0 Å². The summed E-state index contributed by atoms with van der Waals surface area (Å²) >= 11 is 11.0. The van der Waals surface area contributed by atoms with Crippen LogP contribution in [0.2, 0.25) is 0 Å². The van der Waals surface area contributed by atoms with E-state index in [-0.39, 0.29) is 0 Å². The summed E-state index contributed by atoms with van der Waals surface area (Å²) in [7, 11) is 0. The van der Waals surface area contributed by atoms with Crippen molar-refractivity contribution >= 4 is 39.3 Å². The van der Waals surface area contributed by atoms with E-state index >= 15 is 0 Å². The van der Waals surface area contributed by atoms with E-state index in [1.807, 2.05) is 11.8 Å². The largest absolute Gasteiger partial charge is 0.127 e. The van der Waals surface area contributed by atoms with Gasteiger partial charge in [-0.05, 0) is 42.9 Å². The third kappa shape index (κ3) is 6.49. The van der Waals surface area contributed by atoms with Crippen molar-refractivity contribution in [3.05, 3.63) is 28.7 Å². The number of unbranched alkanes of at least 4 members (excludes halogenated alkanes) is 3. The van der Waals surface area contributed by atoms with Gasteiger partial charge in [-0.1, -0.05) is 28.8 Å². The molecule has 1 aromatic rings. The Hall–Kier alpha value is 0.340. The first-order valence-electron chi connectivity index (χ1n) is 5.27. The summed E-state index contributed by atoms with van der Waals surface area (Å²) in [6, 6.07) is 8.51. The number of rotatable bonds is 7. The molecule has 0 amide bonds. The quantitative estimate of drug-likeness (QED) is 0.372. The minimum atomic E-state index is 0.805. The van der Waals surface area contributed by atoms with Crippen LogP contribution in [0.3, 0.4) is 0 Å². The third-order valence-electron chi connectivity index (χ3n) is 2.11. The second-order valence-electron chi connectivity index (χ2n) is 3.41. The molecule has 0 radical (unpaired) electrons. The van der Waals surface area contributed by atoms with Gasteiger partial charge in [0, 0.05) is 15.2 Å². The van der Waals surface area contributed by atoms with E-state index < -0.39 is 0 Å². The SMILES string of the molecule is ClCCCCCCSc1ccc(Br)cc1. The fourth-order valence-electron chi connectivity index (χ4n) is 1.27. The highest BCUT2D eigenvalue weighted by Gasteiger charge is 1.94. The Balaban J connectivity index is 2.07. The lowest BCUT2D eigenvalue weighted by molar-refractivity contribution is 0.709. The van der Waals surface area contributed by atoms with Gasteiger partial charge in [0.25, 0.3) is 0 Å². The van der Waals surface area contributed by atoms with Crippen LogP contribution >= 0.6 is 39.3 Å². The minimum Gasteiger partial charge on any atom is -0.127 e. The molecule has 0 unspecified atom stereocenters. The first-order valence-corrected chi connectivity index (χ1v) is 7.58. The highest BCUT2D eigenvalue weighted by molar-refractivity contribution is 9.10. The van der Waals surface area contributed by atoms with Crippen molar-refractivity contribution in [2.45, 2.75) is 30.6 Å². The maximum absolute atomic E-state index is 5.62. The number of halogens is 2. The van der Waals surface area contributed by atoms with E-state index in [2.05, 4.69) is 40.2 Å². The monoisotopic (exact) mass is 306 g/mol. The van der Waals surface area contributed by atoms with Crippen molar-refractivity contribution in [1.29, 1.82) is 0 Å². The molecule has 0 spiro atoms. The zero-order valence-electron chi connectivity index (χ0n) is 8.72. The first kappa shape index (κ1) is 13.4. The van der Waals surface area contributed by atoms with Crippen molar-refractivity contribution in [3.63, 3.8) is 0 Å². The molecule has 0 heterocycles. The fourth-order valence-corrected chi connectivity index (χ4v) is 2.64. The smallest absolute Gasteiger partial charge is 0.0223 e. The molecular weight excluding hydrogens is 292 g/mol. The summed E-state index contributed by atoms with van der Waals surface area (Å²) in [5.74, 6) is 2.02. The second kappa shape index (κ2) is 8.49. The molecule has 0 aliphatic carbocycles. The van der Waals surface area contributed by atoms with Crippen LogP contribution in [0.4, 0.5) is 0 Å². The number of thioether (sulfide) groups is 1. The van der Waals surface area contributed by atoms with Crippen molar-refractivity contribution in [2.75, 3.05) is 11.6 Å². The number of benzene rings is 1. The van der Waals surface area contributed by atoms with Crippen LogP contribution in [0.5, 0.6) is 0 Å². The maximum atomic E-state index is 5.62. The molecule has 0 aromatic heterocycles. The Morgan fingerprint density at radius 1 is 1.00 bits per heavy atom. The minimum absolute atomic E-state index is 0.805. The van der Waals surface area contributed by atoms with Gasteiger partial charge < -0.3 is 0 Å². The fraction of sp³-hybridized carbons (Fsp3) is 0.500. The predicted molar refractivity (Wildman–Crippen MR) is 74.1 cm³/mol. The molecule has 0 atom stereocenters. The number of alkyl halides is 1. The normalized spacial score (nSPS) is 10.5.